The van der Waals surface area contributed by atoms with Crippen molar-refractivity contribution >= 4 is 5.82 Å². The molecular formula is C11H10N2W. The van der Waals surface area contributed by atoms with E-state index in [4.69, 9.17) is 0 Å². The van der Waals surface area contributed by atoms with Gasteiger partial charge >= 0.3 is 21.1 Å². The molecule has 2 aromatic rings. The molecule has 0 saturated carbocycles. The first-order valence-corrected chi connectivity index (χ1v) is 4.22. The van der Waals surface area contributed by atoms with Gasteiger partial charge < -0.3 is 10.3 Å². The van der Waals surface area contributed by atoms with Crippen LogP contribution >= 0.6 is 0 Å². The van der Waals surface area contributed by atoms with E-state index in [0.717, 1.165) is 17.9 Å². The Bertz CT molecular complexity index is 343. The number of aromatic nitrogens is 1. The molecule has 2 nitrogen and oxygen atoms in total. The van der Waals surface area contributed by atoms with Crippen LogP contribution in [0.1, 0.15) is 5.56 Å². The molecule has 1 aromatic carbocycles. The molecule has 14 heavy (non-hydrogen) atoms. The Kier molecular flexibility index (Phi) is 4.48. The number of hydrogen-bond donors (Lipinski definition) is 1. The molecule has 70 valence electrons. The van der Waals surface area contributed by atoms with E-state index in [-0.39, 0.29) is 21.1 Å². The first-order chi connectivity index (χ1) is 6.45. The van der Waals surface area contributed by atoms with Crippen LogP contribution in [0.2, 0.25) is 0 Å². The maximum atomic E-state index is 4.11. The number of anilines is 1. The summed E-state index contributed by atoms with van der Waals surface area (Å²) in [5, 5.41) is 3.20. The molecule has 0 spiro atoms. The van der Waals surface area contributed by atoms with Crippen LogP contribution in [0.4, 0.5) is 5.82 Å². The molecule has 0 aliphatic heterocycles. The van der Waals surface area contributed by atoms with Gasteiger partial charge in [0, 0.05) is 0 Å². The molecule has 1 aromatic heterocycles. The molecule has 0 radical (unpaired) electrons. The van der Waals surface area contributed by atoms with Crippen LogP contribution in [0.5, 0.6) is 0 Å². The molecule has 0 aliphatic rings. The topological polar surface area (TPSA) is 26.1 Å². The van der Waals surface area contributed by atoms with Crippen molar-refractivity contribution in [3.8, 4) is 0 Å². The molecule has 0 aliphatic carbocycles. The zero-order valence-electron chi connectivity index (χ0n) is 7.60. The minimum Gasteiger partial charge on any atom is -0.479 e. The van der Waals surface area contributed by atoms with Gasteiger partial charge in [-0.1, -0.05) is 30.7 Å². The fourth-order valence-electron chi connectivity index (χ4n) is 1.13. The van der Waals surface area contributed by atoms with Crippen LogP contribution in [0.15, 0.2) is 42.6 Å². The maximum Gasteiger partial charge on any atom is 2.00 e. The predicted molar refractivity (Wildman–Crippen MR) is 52.4 cm³/mol. The predicted octanol–water partition coefficient (Wildman–Crippen LogP) is 2.05. The van der Waals surface area contributed by atoms with Gasteiger partial charge in [0.2, 0.25) is 0 Å². The summed E-state index contributed by atoms with van der Waals surface area (Å²) in [6, 6.07) is 14.9. The van der Waals surface area contributed by atoms with E-state index in [2.05, 4.69) is 16.4 Å². The molecule has 0 fully saturated rings. The second-order valence-electron chi connectivity index (χ2n) is 2.76. The molecule has 0 unspecified atom stereocenters. The minimum atomic E-state index is 0. The number of rotatable bonds is 3. The van der Waals surface area contributed by atoms with E-state index in [0.29, 0.717) is 0 Å². The van der Waals surface area contributed by atoms with Crippen LogP contribution < -0.4 is 10.3 Å². The first-order valence-electron chi connectivity index (χ1n) is 4.22. The number of nitrogens with one attached hydrogen (secondary N) is 1. The SMILES string of the molecule is [W+2].[c-]1ccccc1CNc1ccc[n-]1. The average Bonchev–Trinajstić information content (AvgIpc) is 2.69. The number of benzene rings is 1. The second kappa shape index (κ2) is 5.66. The summed E-state index contributed by atoms with van der Waals surface area (Å²) in [4.78, 5) is 4.11. The number of hydrogen-bond acceptors (Lipinski definition) is 1. The van der Waals surface area contributed by atoms with Crippen molar-refractivity contribution in [2.24, 2.45) is 0 Å². The smallest absolute Gasteiger partial charge is 0.479 e. The molecular weight excluding hydrogens is 344 g/mol. The van der Waals surface area contributed by atoms with Gasteiger partial charge in [-0.05, 0) is 0 Å². The zero-order valence-corrected chi connectivity index (χ0v) is 10.5. The molecule has 1 heterocycles. The molecule has 0 amide bonds. The van der Waals surface area contributed by atoms with Gasteiger partial charge in [0.15, 0.2) is 0 Å². The van der Waals surface area contributed by atoms with Crippen LogP contribution in [0.3, 0.4) is 0 Å². The van der Waals surface area contributed by atoms with Crippen LogP contribution in [0, 0.1) is 6.07 Å². The molecule has 3 heteroatoms. The molecule has 1 N–H and O–H groups in total. The van der Waals surface area contributed by atoms with Gasteiger partial charge in [-0.3, -0.25) is 0 Å². The Morgan fingerprint density at radius 1 is 1.21 bits per heavy atom. The largest absolute Gasteiger partial charge is 2.00 e. The Hall–Kier alpha value is -1.01. The van der Waals surface area contributed by atoms with Crippen molar-refractivity contribution in [2.45, 2.75) is 6.54 Å². The molecule has 2 rings (SSSR count). The Morgan fingerprint density at radius 2 is 2.14 bits per heavy atom. The molecule has 0 atom stereocenters. The summed E-state index contributed by atoms with van der Waals surface area (Å²) in [5.41, 5.74) is 1.14. The fourth-order valence-corrected chi connectivity index (χ4v) is 1.13. The summed E-state index contributed by atoms with van der Waals surface area (Å²) >= 11 is 0. The molecule has 0 bridgehead atoms. The number of nitrogens with zero attached hydrogens (tertiary/aromatic N) is 1. The quantitative estimate of drug-likeness (QED) is 0.855. The van der Waals surface area contributed by atoms with Crippen molar-refractivity contribution in [3.05, 3.63) is 54.2 Å². The second-order valence-corrected chi connectivity index (χ2v) is 2.76. The standard InChI is InChI=1S/C11H10N2.W/c1-2-5-10(6-3-1)9-13-11-7-4-8-12-11;/h1-5,7-8,13H,9H2;/q-2;+2. The third-order valence-electron chi connectivity index (χ3n) is 1.79. The van der Waals surface area contributed by atoms with E-state index < -0.39 is 0 Å². The third-order valence-corrected chi connectivity index (χ3v) is 1.79. The van der Waals surface area contributed by atoms with E-state index in [9.17, 15) is 0 Å². The van der Waals surface area contributed by atoms with Gasteiger partial charge in [-0.25, -0.2) is 0 Å². The van der Waals surface area contributed by atoms with Gasteiger partial charge in [-0.15, -0.1) is 0 Å². The van der Waals surface area contributed by atoms with Gasteiger partial charge in [-0.2, -0.15) is 35.9 Å². The van der Waals surface area contributed by atoms with Crippen LogP contribution in [-0.4, -0.2) is 0 Å². The fraction of sp³-hybridized carbons (Fsp3) is 0.0909. The van der Waals surface area contributed by atoms with Crippen molar-refractivity contribution < 1.29 is 21.1 Å². The molecule has 0 saturated heterocycles. The van der Waals surface area contributed by atoms with Gasteiger partial charge in [0.05, 0.1) is 0 Å². The van der Waals surface area contributed by atoms with Crippen molar-refractivity contribution in [2.75, 3.05) is 5.32 Å². The Morgan fingerprint density at radius 3 is 2.79 bits per heavy atom. The van der Waals surface area contributed by atoms with Gasteiger partial charge in [0.25, 0.3) is 0 Å². The summed E-state index contributed by atoms with van der Waals surface area (Å²) in [6.07, 6.45) is 1.77. The van der Waals surface area contributed by atoms with Crippen molar-refractivity contribution in [1.29, 1.82) is 0 Å². The Balaban J connectivity index is 0.000000980. The average molecular weight is 354 g/mol. The summed E-state index contributed by atoms with van der Waals surface area (Å²) in [7, 11) is 0. The van der Waals surface area contributed by atoms with E-state index >= 15 is 0 Å². The summed E-state index contributed by atoms with van der Waals surface area (Å²) < 4.78 is 0. The van der Waals surface area contributed by atoms with E-state index in [1.54, 1.807) is 6.20 Å². The minimum absolute atomic E-state index is 0. The van der Waals surface area contributed by atoms with Crippen LogP contribution in [-0.2, 0) is 27.6 Å². The zero-order chi connectivity index (χ0) is 8.93. The van der Waals surface area contributed by atoms with Crippen molar-refractivity contribution in [3.63, 3.8) is 0 Å². The van der Waals surface area contributed by atoms with E-state index in [1.165, 1.54) is 0 Å². The van der Waals surface area contributed by atoms with Gasteiger partial charge in [0.1, 0.15) is 0 Å². The third kappa shape index (κ3) is 3.04. The van der Waals surface area contributed by atoms with Crippen LogP contribution in [0.25, 0.3) is 0 Å². The normalized spacial score (nSPS) is 9.14. The maximum absolute atomic E-state index is 4.11. The van der Waals surface area contributed by atoms with Crippen molar-refractivity contribution in [1.82, 2.24) is 4.98 Å². The summed E-state index contributed by atoms with van der Waals surface area (Å²) in [6.45, 7) is 0.776. The van der Waals surface area contributed by atoms with E-state index in [1.807, 2.05) is 36.4 Å². The Labute approximate surface area is 98.0 Å². The monoisotopic (exact) mass is 354 g/mol. The first kappa shape index (κ1) is 11.1. The summed E-state index contributed by atoms with van der Waals surface area (Å²) in [5.74, 6) is 0.914.